The van der Waals surface area contributed by atoms with Crippen LogP contribution in [0.25, 0.3) is 0 Å². The van der Waals surface area contributed by atoms with Gasteiger partial charge in [-0.1, -0.05) is 0 Å². The van der Waals surface area contributed by atoms with E-state index in [1.165, 1.54) is 22.6 Å². The third kappa shape index (κ3) is 4.19. The molecular formula is C13H25N2O5P. The second-order valence-corrected chi connectivity index (χ2v) is 6.79. The molecule has 1 amide bonds. The largest absolute Gasteiger partial charge is 0.465 e. The van der Waals surface area contributed by atoms with E-state index in [0.717, 1.165) is 6.42 Å². The summed E-state index contributed by atoms with van der Waals surface area (Å²) in [5.74, 6) is 0.937. The van der Waals surface area contributed by atoms with E-state index in [2.05, 4.69) is 0 Å². The summed E-state index contributed by atoms with van der Waals surface area (Å²) in [4.78, 5) is 19.6. The first-order valence-corrected chi connectivity index (χ1v) is 8.91. The zero-order valence-electron chi connectivity index (χ0n) is 12.7. The highest BCUT2D eigenvalue weighted by atomic mass is 31.1. The lowest BCUT2D eigenvalue weighted by atomic mass is 9.88. The number of nitrogens with zero attached hydrogens (tertiary/aromatic N) is 2. The van der Waals surface area contributed by atoms with Gasteiger partial charge in [-0.3, -0.25) is 9.40 Å². The fraction of sp³-hybridized carbons (Fsp3) is 0.923. The standard InChI is InChI=1S/C13H25N2O5P/c1-3-19-15(21(18)20-4-2)12-9-14(13(16)17)8-7-11(12)10-5-6-10/h10-12,21H,3-9H2,1-2H3,(H,16,17)/t11-,12+/m1/s1. The van der Waals surface area contributed by atoms with Gasteiger partial charge in [-0.15, -0.1) is 4.83 Å². The number of hydrogen-bond acceptors (Lipinski definition) is 4. The van der Waals surface area contributed by atoms with Crippen LogP contribution in [0.15, 0.2) is 0 Å². The highest BCUT2D eigenvalue weighted by molar-refractivity contribution is 7.36. The zero-order chi connectivity index (χ0) is 15.4. The summed E-state index contributed by atoms with van der Waals surface area (Å²) in [6.07, 6.45) is 2.21. The van der Waals surface area contributed by atoms with Crippen LogP contribution in [0, 0.1) is 11.8 Å². The minimum Gasteiger partial charge on any atom is -0.465 e. The van der Waals surface area contributed by atoms with Gasteiger partial charge in [-0.05, 0) is 44.9 Å². The van der Waals surface area contributed by atoms with Crippen molar-refractivity contribution in [3.8, 4) is 0 Å². The molecule has 7 nitrogen and oxygen atoms in total. The molecule has 122 valence electrons. The minimum absolute atomic E-state index is 0.180. The molecule has 0 aromatic rings. The van der Waals surface area contributed by atoms with Crippen molar-refractivity contribution in [3.63, 3.8) is 0 Å². The van der Waals surface area contributed by atoms with Crippen LogP contribution in [0.2, 0.25) is 0 Å². The van der Waals surface area contributed by atoms with Gasteiger partial charge in [0.25, 0.3) is 8.18 Å². The Kier molecular flexibility index (Phi) is 6.05. The van der Waals surface area contributed by atoms with E-state index in [4.69, 9.17) is 9.36 Å². The van der Waals surface area contributed by atoms with Crippen LogP contribution in [0.1, 0.15) is 33.1 Å². The molecule has 0 bridgehead atoms. The van der Waals surface area contributed by atoms with E-state index in [-0.39, 0.29) is 6.04 Å². The summed E-state index contributed by atoms with van der Waals surface area (Å²) >= 11 is 0. The molecule has 1 heterocycles. The molecule has 2 aliphatic rings. The molecule has 3 atom stereocenters. The SMILES string of the molecule is CCON([C@H]1CN(C(=O)O)CC[C@@H]1C1CC1)[PH](=O)OCC. The quantitative estimate of drug-likeness (QED) is 0.573. The molecule has 2 fully saturated rings. The molecule has 2 rings (SSSR count). The molecule has 21 heavy (non-hydrogen) atoms. The average Bonchev–Trinajstić information content (AvgIpc) is 3.28. The van der Waals surface area contributed by atoms with E-state index >= 15 is 0 Å². The third-order valence-electron chi connectivity index (χ3n) is 4.15. The molecule has 1 unspecified atom stereocenters. The van der Waals surface area contributed by atoms with E-state index in [0.29, 0.717) is 38.1 Å². The van der Waals surface area contributed by atoms with Crippen molar-refractivity contribution in [1.29, 1.82) is 0 Å². The second-order valence-electron chi connectivity index (χ2n) is 5.53. The molecule has 0 aromatic carbocycles. The number of rotatable bonds is 7. The highest BCUT2D eigenvalue weighted by Gasteiger charge is 2.45. The van der Waals surface area contributed by atoms with Gasteiger partial charge in [0.05, 0.1) is 19.3 Å². The Bertz CT molecular complexity index is 391. The molecule has 0 radical (unpaired) electrons. The summed E-state index contributed by atoms with van der Waals surface area (Å²) in [5, 5.41) is 9.22. The average molecular weight is 320 g/mol. The molecule has 1 N–H and O–H groups in total. The molecule has 1 aliphatic carbocycles. The first kappa shape index (κ1) is 16.7. The van der Waals surface area contributed by atoms with E-state index in [9.17, 15) is 14.5 Å². The van der Waals surface area contributed by atoms with Crippen molar-refractivity contribution in [1.82, 2.24) is 9.73 Å². The predicted octanol–water partition coefficient (Wildman–Crippen LogP) is 2.44. The molecule has 0 aromatic heterocycles. The van der Waals surface area contributed by atoms with E-state index in [1.54, 1.807) is 6.92 Å². The maximum absolute atomic E-state index is 12.3. The van der Waals surface area contributed by atoms with Crippen molar-refractivity contribution in [2.24, 2.45) is 11.8 Å². The number of amides is 1. The highest BCUT2D eigenvalue weighted by Crippen LogP contribution is 2.46. The number of likely N-dealkylation sites (tertiary alicyclic amines) is 1. The Morgan fingerprint density at radius 1 is 1.33 bits per heavy atom. The molecule has 1 saturated carbocycles. The summed E-state index contributed by atoms with van der Waals surface area (Å²) in [7, 11) is -2.49. The van der Waals surface area contributed by atoms with Crippen molar-refractivity contribution in [2.75, 3.05) is 26.3 Å². The van der Waals surface area contributed by atoms with Gasteiger partial charge in [0.15, 0.2) is 0 Å². The van der Waals surface area contributed by atoms with Crippen LogP contribution < -0.4 is 0 Å². The van der Waals surface area contributed by atoms with Gasteiger partial charge in [0, 0.05) is 13.1 Å². The molecule has 0 spiro atoms. The Balaban J connectivity index is 2.14. The van der Waals surface area contributed by atoms with Crippen LogP contribution in [-0.2, 0) is 13.9 Å². The van der Waals surface area contributed by atoms with Gasteiger partial charge in [-0.2, -0.15) is 0 Å². The molecular weight excluding hydrogens is 295 g/mol. The van der Waals surface area contributed by atoms with Gasteiger partial charge in [-0.25, -0.2) is 4.79 Å². The number of piperidine rings is 1. The Morgan fingerprint density at radius 2 is 2.05 bits per heavy atom. The monoisotopic (exact) mass is 320 g/mol. The van der Waals surface area contributed by atoms with E-state index in [1.807, 2.05) is 6.92 Å². The molecule has 1 saturated heterocycles. The number of carboxylic acid groups (broad SMARTS) is 1. The number of hydrogen-bond donors (Lipinski definition) is 1. The van der Waals surface area contributed by atoms with Gasteiger partial charge in [0.1, 0.15) is 0 Å². The van der Waals surface area contributed by atoms with Crippen molar-refractivity contribution in [2.45, 2.75) is 39.2 Å². The lowest BCUT2D eigenvalue weighted by molar-refractivity contribution is -0.141. The van der Waals surface area contributed by atoms with Crippen molar-refractivity contribution < 1.29 is 23.8 Å². The van der Waals surface area contributed by atoms with Crippen LogP contribution in [0.3, 0.4) is 0 Å². The van der Waals surface area contributed by atoms with Crippen LogP contribution in [0.4, 0.5) is 4.79 Å². The molecule has 1 aliphatic heterocycles. The van der Waals surface area contributed by atoms with Crippen LogP contribution >= 0.6 is 8.18 Å². The normalized spacial score (nSPS) is 27.9. The van der Waals surface area contributed by atoms with Crippen LogP contribution in [0.5, 0.6) is 0 Å². The van der Waals surface area contributed by atoms with Gasteiger partial charge in [0.2, 0.25) is 0 Å². The fourth-order valence-corrected chi connectivity index (χ4v) is 4.21. The second kappa shape index (κ2) is 7.58. The summed E-state index contributed by atoms with van der Waals surface area (Å²) in [5.41, 5.74) is 0. The summed E-state index contributed by atoms with van der Waals surface area (Å²) in [6, 6.07) is -0.180. The van der Waals surface area contributed by atoms with E-state index < -0.39 is 14.3 Å². The Hall–Kier alpha value is -0.620. The first-order chi connectivity index (χ1) is 10.1. The van der Waals surface area contributed by atoms with Crippen molar-refractivity contribution >= 4 is 14.3 Å². The summed E-state index contributed by atoms with van der Waals surface area (Å²) in [6.45, 7) is 5.24. The fourth-order valence-electron chi connectivity index (χ4n) is 3.06. The first-order valence-electron chi connectivity index (χ1n) is 7.65. The zero-order valence-corrected chi connectivity index (χ0v) is 13.7. The van der Waals surface area contributed by atoms with Gasteiger partial charge < -0.3 is 14.5 Å². The minimum atomic E-state index is -2.49. The lowest BCUT2D eigenvalue weighted by Gasteiger charge is -2.41. The number of carbonyl (C=O) groups is 1. The third-order valence-corrected chi connectivity index (χ3v) is 5.51. The van der Waals surface area contributed by atoms with Gasteiger partial charge >= 0.3 is 6.09 Å². The summed E-state index contributed by atoms with van der Waals surface area (Å²) < 4.78 is 17.5. The smallest absolute Gasteiger partial charge is 0.407 e. The topological polar surface area (TPSA) is 79.3 Å². The maximum atomic E-state index is 12.3. The van der Waals surface area contributed by atoms with Crippen LogP contribution in [-0.4, -0.2) is 53.3 Å². The lowest BCUT2D eigenvalue weighted by Crippen LogP contribution is -2.52. The predicted molar refractivity (Wildman–Crippen MR) is 78.3 cm³/mol. The Labute approximate surface area is 126 Å². The molecule has 8 heteroatoms. The maximum Gasteiger partial charge on any atom is 0.407 e. The Morgan fingerprint density at radius 3 is 2.57 bits per heavy atom. The number of hydroxylamine groups is 1. The van der Waals surface area contributed by atoms with Crippen molar-refractivity contribution in [3.05, 3.63) is 0 Å².